The molecular formula is C13H23NOS. The molecule has 0 saturated carbocycles. The second kappa shape index (κ2) is 7.82. The van der Waals surface area contributed by atoms with E-state index in [0.29, 0.717) is 6.04 Å². The summed E-state index contributed by atoms with van der Waals surface area (Å²) in [5.41, 5.74) is 0. The first kappa shape index (κ1) is 13.7. The van der Waals surface area contributed by atoms with E-state index in [2.05, 4.69) is 31.3 Å². The number of aryl methyl sites for hydroxylation is 1. The Balaban J connectivity index is 2.09. The first-order valence-corrected chi connectivity index (χ1v) is 6.90. The Hall–Kier alpha value is -0.380. The van der Waals surface area contributed by atoms with Crippen molar-refractivity contribution in [1.82, 2.24) is 5.32 Å². The average molecular weight is 241 g/mol. The van der Waals surface area contributed by atoms with Crippen LogP contribution in [-0.4, -0.2) is 25.8 Å². The summed E-state index contributed by atoms with van der Waals surface area (Å²) in [5, 5.41) is 3.53. The van der Waals surface area contributed by atoms with Crippen LogP contribution in [0.25, 0.3) is 0 Å². The first-order valence-electron chi connectivity index (χ1n) is 6.08. The molecule has 0 aromatic carbocycles. The summed E-state index contributed by atoms with van der Waals surface area (Å²) in [5.74, 6) is 0. The molecule has 16 heavy (non-hydrogen) atoms. The van der Waals surface area contributed by atoms with Crippen molar-refractivity contribution in [2.75, 3.05) is 19.8 Å². The molecule has 0 amide bonds. The Morgan fingerprint density at radius 2 is 2.25 bits per heavy atom. The molecule has 1 atom stereocenters. The zero-order chi connectivity index (χ0) is 11.8. The zero-order valence-electron chi connectivity index (χ0n) is 10.6. The highest BCUT2D eigenvalue weighted by Crippen LogP contribution is 2.16. The van der Waals surface area contributed by atoms with Crippen LogP contribution in [0.3, 0.4) is 0 Å². The van der Waals surface area contributed by atoms with Crippen molar-refractivity contribution < 1.29 is 4.74 Å². The molecule has 1 unspecified atom stereocenters. The van der Waals surface area contributed by atoms with Crippen molar-refractivity contribution in [3.8, 4) is 0 Å². The lowest BCUT2D eigenvalue weighted by Gasteiger charge is -2.12. The van der Waals surface area contributed by atoms with Gasteiger partial charge in [0.25, 0.3) is 0 Å². The fraction of sp³-hybridized carbons (Fsp3) is 0.692. The Morgan fingerprint density at radius 1 is 1.44 bits per heavy atom. The Kier molecular flexibility index (Phi) is 6.69. The smallest absolute Gasteiger partial charge is 0.0477 e. The van der Waals surface area contributed by atoms with Crippen molar-refractivity contribution in [1.29, 1.82) is 0 Å². The number of ether oxygens (including phenoxy) is 1. The summed E-state index contributed by atoms with van der Waals surface area (Å²) in [6, 6.07) is 4.99. The second-order valence-corrected chi connectivity index (χ2v) is 5.49. The summed E-state index contributed by atoms with van der Waals surface area (Å²) < 4.78 is 5.30. The molecule has 1 aromatic rings. The van der Waals surface area contributed by atoms with Gasteiger partial charge >= 0.3 is 0 Å². The molecule has 0 saturated heterocycles. The molecule has 1 N–H and O–H groups in total. The summed E-state index contributed by atoms with van der Waals surface area (Å²) in [4.78, 5) is 2.88. The molecule has 1 aromatic heterocycles. The van der Waals surface area contributed by atoms with Gasteiger partial charge < -0.3 is 10.1 Å². The van der Waals surface area contributed by atoms with Gasteiger partial charge in [-0.1, -0.05) is 0 Å². The van der Waals surface area contributed by atoms with Gasteiger partial charge in [-0.2, -0.15) is 0 Å². The largest absolute Gasteiger partial charge is 0.382 e. The van der Waals surface area contributed by atoms with Gasteiger partial charge in [0.15, 0.2) is 0 Å². The molecule has 0 bridgehead atoms. The Bertz CT molecular complexity index is 285. The van der Waals surface area contributed by atoms with Crippen LogP contribution in [0, 0.1) is 6.92 Å². The fourth-order valence-electron chi connectivity index (χ4n) is 1.64. The maximum atomic E-state index is 5.30. The summed E-state index contributed by atoms with van der Waals surface area (Å²) in [6.07, 6.45) is 2.23. The number of rotatable bonds is 8. The SMILES string of the molecule is CCOCCCNC(C)Cc1ccc(C)s1. The lowest BCUT2D eigenvalue weighted by molar-refractivity contribution is 0.144. The van der Waals surface area contributed by atoms with Crippen LogP contribution in [0.2, 0.25) is 0 Å². The van der Waals surface area contributed by atoms with Gasteiger partial charge in [0, 0.05) is 29.0 Å². The number of thiophene rings is 1. The minimum absolute atomic E-state index is 0.555. The van der Waals surface area contributed by atoms with E-state index in [-0.39, 0.29) is 0 Å². The summed E-state index contributed by atoms with van der Waals surface area (Å²) >= 11 is 1.90. The minimum Gasteiger partial charge on any atom is -0.382 e. The average Bonchev–Trinajstić information content (AvgIpc) is 2.63. The van der Waals surface area contributed by atoms with Crippen molar-refractivity contribution in [2.24, 2.45) is 0 Å². The quantitative estimate of drug-likeness (QED) is 0.706. The second-order valence-electron chi connectivity index (χ2n) is 4.12. The predicted octanol–water partition coefficient (Wildman–Crippen LogP) is 3.00. The van der Waals surface area contributed by atoms with Gasteiger partial charge in [-0.05, 0) is 52.3 Å². The molecule has 3 heteroatoms. The third-order valence-corrected chi connectivity index (χ3v) is 3.49. The lowest BCUT2D eigenvalue weighted by atomic mass is 10.2. The standard InChI is InChI=1S/C13H23NOS/c1-4-15-9-5-8-14-11(2)10-13-7-6-12(3)16-13/h6-7,11,14H,4-5,8-10H2,1-3H3. The normalized spacial score (nSPS) is 12.9. The highest BCUT2D eigenvalue weighted by Gasteiger charge is 2.04. The van der Waals surface area contributed by atoms with E-state index in [9.17, 15) is 0 Å². The molecule has 2 nitrogen and oxygen atoms in total. The molecule has 92 valence electrons. The van der Waals surface area contributed by atoms with Gasteiger partial charge in [-0.3, -0.25) is 0 Å². The molecule has 1 heterocycles. The number of hydrogen-bond acceptors (Lipinski definition) is 3. The first-order chi connectivity index (χ1) is 7.72. The van der Waals surface area contributed by atoms with Gasteiger partial charge in [0.2, 0.25) is 0 Å². The molecule has 0 aliphatic rings. The van der Waals surface area contributed by atoms with Crippen molar-refractivity contribution in [3.63, 3.8) is 0 Å². The van der Waals surface area contributed by atoms with Crippen molar-refractivity contribution >= 4 is 11.3 Å². The van der Waals surface area contributed by atoms with Crippen LogP contribution >= 0.6 is 11.3 Å². The van der Waals surface area contributed by atoms with Gasteiger partial charge in [0.1, 0.15) is 0 Å². The van der Waals surface area contributed by atoms with E-state index in [1.165, 1.54) is 9.75 Å². The van der Waals surface area contributed by atoms with Crippen LogP contribution in [-0.2, 0) is 11.2 Å². The van der Waals surface area contributed by atoms with E-state index < -0.39 is 0 Å². The lowest BCUT2D eigenvalue weighted by Crippen LogP contribution is -2.29. The van der Waals surface area contributed by atoms with Crippen LogP contribution in [0.15, 0.2) is 12.1 Å². The predicted molar refractivity (Wildman–Crippen MR) is 71.3 cm³/mol. The fourth-order valence-corrected chi connectivity index (χ4v) is 2.65. The Labute approximate surface area is 103 Å². The summed E-state index contributed by atoms with van der Waals surface area (Å²) in [6.45, 7) is 9.18. The van der Waals surface area contributed by atoms with Gasteiger partial charge in [-0.25, -0.2) is 0 Å². The monoisotopic (exact) mass is 241 g/mol. The maximum Gasteiger partial charge on any atom is 0.0477 e. The third-order valence-electron chi connectivity index (χ3n) is 2.47. The van der Waals surface area contributed by atoms with Gasteiger partial charge in [0.05, 0.1) is 0 Å². The summed E-state index contributed by atoms with van der Waals surface area (Å²) in [7, 11) is 0. The third kappa shape index (κ3) is 5.64. The highest BCUT2D eigenvalue weighted by molar-refractivity contribution is 7.11. The van der Waals surface area contributed by atoms with Crippen LogP contribution in [0.1, 0.15) is 30.0 Å². The van der Waals surface area contributed by atoms with Crippen LogP contribution in [0.5, 0.6) is 0 Å². The van der Waals surface area contributed by atoms with E-state index >= 15 is 0 Å². The molecule has 0 aliphatic heterocycles. The molecule has 0 fully saturated rings. The molecular weight excluding hydrogens is 218 g/mol. The zero-order valence-corrected chi connectivity index (χ0v) is 11.4. The molecule has 0 radical (unpaired) electrons. The highest BCUT2D eigenvalue weighted by atomic mass is 32.1. The molecule has 1 rings (SSSR count). The van der Waals surface area contributed by atoms with E-state index in [0.717, 1.165) is 32.6 Å². The van der Waals surface area contributed by atoms with Crippen LogP contribution in [0.4, 0.5) is 0 Å². The molecule has 0 aliphatic carbocycles. The van der Waals surface area contributed by atoms with Crippen molar-refractivity contribution in [3.05, 3.63) is 21.9 Å². The molecule has 0 spiro atoms. The van der Waals surface area contributed by atoms with E-state index in [1.807, 2.05) is 18.3 Å². The van der Waals surface area contributed by atoms with Crippen molar-refractivity contribution in [2.45, 2.75) is 39.7 Å². The van der Waals surface area contributed by atoms with E-state index in [1.54, 1.807) is 0 Å². The Morgan fingerprint density at radius 3 is 2.88 bits per heavy atom. The number of nitrogens with one attached hydrogen (secondary N) is 1. The van der Waals surface area contributed by atoms with Crippen LogP contribution < -0.4 is 5.32 Å². The van der Waals surface area contributed by atoms with E-state index in [4.69, 9.17) is 4.74 Å². The maximum absolute atomic E-state index is 5.30. The van der Waals surface area contributed by atoms with Gasteiger partial charge in [-0.15, -0.1) is 11.3 Å². The minimum atomic E-state index is 0.555. The topological polar surface area (TPSA) is 21.3 Å². The number of hydrogen-bond donors (Lipinski definition) is 1.